The lowest BCUT2D eigenvalue weighted by Crippen LogP contribution is -2.39. The van der Waals surface area contributed by atoms with Crippen LogP contribution in [0.4, 0.5) is 11.4 Å². The zero-order valence-corrected chi connectivity index (χ0v) is 17.6. The maximum Gasteiger partial charge on any atom is 0.323 e. The van der Waals surface area contributed by atoms with E-state index in [-0.39, 0.29) is 24.7 Å². The van der Waals surface area contributed by atoms with Crippen molar-refractivity contribution in [3.63, 3.8) is 0 Å². The third-order valence-electron chi connectivity index (χ3n) is 5.49. The van der Waals surface area contributed by atoms with Crippen molar-refractivity contribution >= 4 is 29.2 Å². The first-order chi connectivity index (χ1) is 14.9. The lowest BCUT2D eigenvalue weighted by molar-refractivity contribution is -0.168. The van der Waals surface area contributed by atoms with E-state index in [2.05, 4.69) is 6.58 Å². The molecule has 2 aromatic carbocycles. The molecule has 0 N–H and O–H groups in total. The molecule has 0 bridgehead atoms. The fourth-order valence-electron chi connectivity index (χ4n) is 3.93. The number of benzene rings is 2. The van der Waals surface area contributed by atoms with Crippen LogP contribution in [0.25, 0.3) is 0 Å². The van der Waals surface area contributed by atoms with Crippen LogP contribution < -0.4 is 4.90 Å². The molecule has 0 radical (unpaired) electrons. The Kier molecular flexibility index (Phi) is 6.70. The standard InChI is InChI=1S/C25H25NO5/c1-18-16-25(23(28)30-2,24(29)31-3)17-19(18)14-15-22(27)26(20-10-6-4-7-11-20)21-12-8-5-9-13-21/h4-15,19H,1,16-17H2,2-3H3/b15-14+/t19-/m0/s1. The molecule has 1 aliphatic carbocycles. The van der Waals surface area contributed by atoms with Crippen LogP contribution in [0.1, 0.15) is 12.8 Å². The van der Waals surface area contributed by atoms with E-state index in [1.165, 1.54) is 20.3 Å². The van der Waals surface area contributed by atoms with Crippen LogP contribution in [-0.4, -0.2) is 32.1 Å². The molecule has 6 nitrogen and oxygen atoms in total. The molecule has 1 fully saturated rings. The molecule has 6 heteroatoms. The molecule has 160 valence electrons. The van der Waals surface area contributed by atoms with Gasteiger partial charge in [0, 0.05) is 17.5 Å². The molecule has 1 atom stereocenters. The van der Waals surface area contributed by atoms with Gasteiger partial charge in [-0.3, -0.25) is 19.3 Å². The maximum absolute atomic E-state index is 13.2. The van der Waals surface area contributed by atoms with Crippen LogP contribution in [0, 0.1) is 11.3 Å². The summed E-state index contributed by atoms with van der Waals surface area (Å²) in [6.07, 6.45) is 3.42. The second-order valence-electron chi connectivity index (χ2n) is 7.41. The van der Waals surface area contributed by atoms with Gasteiger partial charge in [-0.15, -0.1) is 0 Å². The van der Waals surface area contributed by atoms with Crippen LogP contribution in [-0.2, 0) is 23.9 Å². The second-order valence-corrected chi connectivity index (χ2v) is 7.41. The number of esters is 2. The van der Waals surface area contributed by atoms with Crippen molar-refractivity contribution in [3.8, 4) is 0 Å². The van der Waals surface area contributed by atoms with Crippen molar-refractivity contribution in [3.05, 3.63) is 85.0 Å². The monoisotopic (exact) mass is 419 g/mol. The summed E-state index contributed by atoms with van der Waals surface area (Å²) in [4.78, 5) is 39.5. The Morgan fingerprint density at radius 1 is 0.935 bits per heavy atom. The molecule has 0 aromatic heterocycles. The normalized spacial score (nSPS) is 17.4. The first kappa shape index (κ1) is 22.0. The largest absolute Gasteiger partial charge is 0.468 e. The van der Waals surface area contributed by atoms with E-state index in [0.29, 0.717) is 5.57 Å². The molecule has 0 spiro atoms. The van der Waals surface area contributed by atoms with E-state index < -0.39 is 17.4 Å². The van der Waals surface area contributed by atoms with Crippen LogP contribution in [0.2, 0.25) is 0 Å². The average molecular weight is 419 g/mol. The van der Waals surface area contributed by atoms with Crippen LogP contribution >= 0.6 is 0 Å². The summed E-state index contributed by atoms with van der Waals surface area (Å²) in [5.74, 6) is -1.90. The molecule has 0 saturated heterocycles. The fraction of sp³-hybridized carbons (Fsp3) is 0.240. The van der Waals surface area contributed by atoms with Crippen LogP contribution in [0.15, 0.2) is 85.0 Å². The summed E-state index contributed by atoms with van der Waals surface area (Å²) in [6, 6.07) is 18.6. The molecule has 3 rings (SSSR count). The molecule has 1 saturated carbocycles. The quantitative estimate of drug-likeness (QED) is 0.304. The zero-order chi connectivity index (χ0) is 22.4. The Balaban J connectivity index is 1.87. The van der Waals surface area contributed by atoms with Gasteiger partial charge in [0.1, 0.15) is 0 Å². The first-order valence-corrected chi connectivity index (χ1v) is 9.90. The summed E-state index contributed by atoms with van der Waals surface area (Å²) in [6.45, 7) is 4.01. The van der Waals surface area contributed by atoms with Crippen molar-refractivity contribution < 1.29 is 23.9 Å². The minimum atomic E-state index is -1.43. The third-order valence-corrected chi connectivity index (χ3v) is 5.49. The Labute approximate surface area is 181 Å². The van der Waals surface area contributed by atoms with E-state index in [9.17, 15) is 14.4 Å². The number of allylic oxidation sites excluding steroid dienone is 2. The van der Waals surface area contributed by atoms with Crippen molar-refractivity contribution in [2.75, 3.05) is 19.1 Å². The molecular weight excluding hydrogens is 394 g/mol. The van der Waals surface area contributed by atoms with E-state index in [1.54, 1.807) is 11.0 Å². The first-order valence-electron chi connectivity index (χ1n) is 9.90. The average Bonchev–Trinajstić information content (AvgIpc) is 3.15. The number of carbonyl (C=O) groups excluding carboxylic acids is 3. The van der Waals surface area contributed by atoms with E-state index in [1.807, 2.05) is 60.7 Å². The minimum Gasteiger partial charge on any atom is -0.468 e. The number of ether oxygens (including phenoxy) is 2. The Morgan fingerprint density at radius 2 is 1.42 bits per heavy atom. The van der Waals surface area contributed by atoms with E-state index in [4.69, 9.17) is 9.47 Å². The number of rotatable bonds is 6. The number of amides is 1. The lowest BCUT2D eigenvalue weighted by Gasteiger charge is -2.22. The summed E-state index contributed by atoms with van der Waals surface area (Å²) < 4.78 is 9.71. The summed E-state index contributed by atoms with van der Waals surface area (Å²) in [5.41, 5.74) is 0.696. The topological polar surface area (TPSA) is 72.9 Å². The second kappa shape index (κ2) is 9.43. The number of nitrogens with zero attached hydrogens (tertiary/aromatic N) is 1. The number of hydrogen-bond donors (Lipinski definition) is 0. The van der Waals surface area contributed by atoms with Crippen LogP contribution in [0.5, 0.6) is 0 Å². The van der Waals surface area contributed by atoms with Crippen molar-refractivity contribution in [2.24, 2.45) is 11.3 Å². The van der Waals surface area contributed by atoms with Crippen molar-refractivity contribution in [1.82, 2.24) is 0 Å². The van der Waals surface area contributed by atoms with Gasteiger partial charge in [0.05, 0.1) is 14.2 Å². The Morgan fingerprint density at radius 3 is 1.87 bits per heavy atom. The molecule has 1 aliphatic rings. The number of anilines is 2. The number of carbonyl (C=O) groups is 3. The minimum absolute atomic E-state index is 0.122. The highest BCUT2D eigenvalue weighted by Gasteiger charge is 2.54. The maximum atomic E-state index is 13.2. The van der Waals surface area contributed by atoms with Gasteiger partial charge in [0.15, 0.2) is 5.41 Å². The van der Waals surface area contributed by atoms with Gasteiger partial charge >= 0.3 is 11.9 Å². The Hall–Kier alpha value is -3.67. The third kappa shape index (κ3) is 4.43. The number of hydrogen-bond acceptors (Lipinski definition) is 5. The lowest BCUT2D eigenvalue weighted by atomic mass is 9.85. The van der Waals surface area contributed by atoms with E-state index in [0.717, 1.165) is 11.4 Å². The highest BCUT2D eigenvalue weighted by atomic mass is 16.5. The molecule has 0 unspecified atom stereocenters. The van der Waals surface area contributed by atoms with E-state index >= 15 is 0 Å². The molecule has 0 heterocycles. The zero-order valence-electron chi connectivity index (χ0n) is 17.6. The summed E-state index contributed by atoms with van der Waals surface area (Å²) >= 11 is 0. The van der Waals surface area contributed by atoms with Gasteiger partial charge in [0.25, 0.3) is 5.91 Å². The summed E-state index contributed by atoms with van der Waals surface area (Å²) in [7, 11) is 2.47. The number of para-hydroxylation sites is 2. The highest BCUT2D eigenvalue weighted by molar-refractivity contribution is 6.07. The van der Waals surface area contributed by atoms with Gasteiger partial charge < -0.3 is 9.47 Å². The molecule has 2 aromatic rings. The van der Waals surface area contributed by atoms with Crippen molar-refractivity contribution in [2.45, 2.75) is 12.8 Å². The fourth-order valence-corrected chi connectivity index (χ4v) is 3.93. The molecule has 0 aliphatic heterocycles. The summed E-state index contributed by atoms with van der Waals surface area (Å²) in [5, 5.41) is 0. The SMILES string of the molecule is C=C1CC(C(=O)OC)(C(=O)OC)C[C@@H]1/C=C/C(=O)N(c1ccccc1)c1ccccc1. The van der Waals surface area contributed by atoms with Gasteiger partial charge in [-0.1, -0.05) is 54.6 Å². The van der Waals surface area contributed by atoms with Crippen molar-refractivity contribution in [1.29, 1.82) is 0 Å². The van der Waals surface area contributed by atoms with Crippen LogP contribution in [0.3, 0.4) is 0 Å². The number of methoxy groups -OCH3 is 2. The Bertz CT molecular complexity index is 942. The smallest absolute Gasteiger partial charge is 0.323 e. The van der Waals surface area contributed by atoms with Gasteiger partial charge in [0.2, 0.25) is 0 Å². The van der Waals surface area contributed by atoms with Gasteiger partial charge in [-0.25, -0.2) is 0 Å². The molecule has 1 amide bonds. The van der Waals surface area contributed by atoms with Gasteiger partial charge in [-0.2, -0.15) is 0 Å². The predicted octanol–water partition coefficient (Wildman–Crippen LogP) is 4.21. The molecular formula is C25H25NO5. The molecule has 31 heavy (non-hydrogen) atoms. The highest BCUT2D eigenvalue weighted by Crippen LogP contribution is 2.47. The predicted molar refractivity (Wildman–Crippen MR) is 117 cm³/mol. The van der Waals surface area contributed by atoms with Gasteiger partial charge in [-0.05, 0) is 43.0 Å².